The molecule has 1 aliphatic heterocycles. The Kier molecular flexibility index (Phi) is 4.08. The van der Waals surface area contributed by atoms with E-state index in [0.29, 0.717) is 17.0 Å². The van der Waals surface area contributed by atoms with Gasteiger partial charge in [0.25, 0.3) is 0 Å². The van der Waals surface area contributed by atoms with E-state index in [-0.39, 0.29) is 0 Å². The number of piperazine rings is 1. The van der Waals surface area contributed by atoms with Gasteiger partial charge in [0.05, 0.1) is 0 Å². The zero-order chi connectivity index (χ0) is 13.4. The summed E-state index contributed by atoms with van der Waals surface area (Å²) >= 11 is 0. The Balaban J connectivity index is 2.09. The van der Waals surface area contributed by atoms with Crippen LogP contribution in [0.5, 0.6) is 0 Å². The first-order valence-electron chi connectivity index (χ1n) is 7.89. The molecule has 1 atom stereocenters. The fourth-order valence-electron chi connectivity index (χ4n) is 3.31. The third-order valence-electron chi connectivity index (χ3n) is 5.29. The molecule has 0 bridgehead atoms. The molecule has 0 aromatic rings. The Labute approximate surface area is 114 Å². The van der Waals surface area contributed by atoms with Gasteiger partial charge in [-0.3, -0.25) is 4.90 Å². The Morgan fingerprint density at radius 1 is 1.17 bits per heavy atom. The highest BCUT2D eigenvalue weighted by atomic mass is 15.3. The monoisotopic (exact) mass is 252 g/mol. The predicted molar refractivity (Wildman–Crippen MR) is 78.9 cm³/mol. The van der Waals surface area contributed by atoms with Crippen molar-refractivity contribution in [1.29, 1.82) is 0 Å². The zero-order valence-corrected chi connectivity index (χ0v) is 13.1. The van der Waals surface area contributed by atoms with Crippen molar-refractivity contribution in [1.82, 2.24) is 10.2 Å². The molecule has 1 aliphatic carbocycles. The highest BCUT2D eigenvalue weighted by Crippen LogP contribution is 2.37. The Bertz CT molecular complexity index is 271. The molecular weight excluding hydrogens is 220 g/mol. The number of rotatable bonds is 4. The zero-order valence-electron chi connectivity index (χ0n) is 13.1. The summed E-state index contributed by atoms with van der Waals surface area (Å²) in [6, 6.07) is 0.641. The molecule has 0 aromatic carbocycles. The third-order valence-corrected chi connectivity index (χ3v) is 5.29. The Morgan fingerprint density at radius 3 is 2.22 bits per heavy atom. The highest BCUT2D eigenvalue weighted by molar-refractivity contribution is 5.01. The second-order valence-corrected chi connectivity index (χ2v) is 7.58. The van der Waals surface area contributed by atoms with Gasteiger partial charge in [-0.15, -0.1) is 0 Å². The average Bonchev–Trinajstić information content (AvgIpc) is 3.12. The average molecular weight is 252 g/mol. The van der Waals surface area contributed by atoms with Crippen LogP contribution in [0.25, 0.3) is 0 Å². The molecule has 1 unspecified atom stereocenters. The Morgan fingerprint density at radius 2 is 1.78 bits per heavy atom. The predicted octanol–water partition coefficient (Wildman–Crippen LogP) is 3.28. The van der Waals surface area contributed by atoms with Crippen LogP contribution in [-0.2, 0) is 0 Å². The van der Waals surface area contributed by atoms with Crippen molar-refractivity contribution in [3.8, 4) is 0 Å². The summed E-state index contributed by atoms with van der Waals surface area (Å²) in [5.74, 6) is 1.00. The molecule has 18 heavy (non-hydrogen) atoms. The lowest BCUT2D eigenvalue weighted by Gasteiger charge is -2.52. The first-order chi connectivity index (χ1) is 8.41. The fraction of sp³-hybridized carbons (Fsp3) is 1.00. The first kappa shape index (κ1) is 14.3. The summed E-state index contributed by atoms with van der Waals surface area (Å²) < 4.78 is 0. The van der Waals surface area contributed by atoms with Crippen LogP contribution < -0.4 is 5.32 Å². The molecule has 1 saturated carbocycles. The largest absolute Gasteiger partial charge is 0.310 e. The van der Waals surface area contributed by atoms with Crippen LogP contribution in [0.1, 0.15) is 60.3 Å². The SMILES string of the molecule is CCC1(CC)CNC(C(C)(C)C)CN1CC1CC1. The molecule has 0 spiro atoms. The van der Waals surface area contributed by atoms with E-state index in [1.165, 1.54) is 45.3 Å². The van der Waals surface area contributed by atoms with E-state index in [1.54, 1.807) is 0 Å². The molecule has 2 rings (SSSR count). The van der Waals surface area contributed by atoms with E-state index < -0.39 is 0 Å². The van der Waals surface area contributed by atoms with Crippen molar-refractivity contribution in [3.63, 3.8) is 0 Å². The van der Waals surface area contributed by atoms with Gasteiger partial charge in [-0.05, 0) is 37.0 Å². The maximum atomic E-state index is 3.83. The lowest BCUT2D eigenvalue weighted by molar-refractivity contribution is 0.00451. The first-order valence-corrected chi connectivity index (χ1v) is 7.89. The molecule has 2 nitrogen and oxygen atoms in total. The molecule has 0 radical (unpaired) electrons. The molecular formula is C16H32N2. The highest BCUT2D eigenvalue weighted by Gasteiger charge is 2.43. The van der Waals surface area contributed by atoms with E-state index >= 15 is 0 Å². The summed E-state index contributed by atoms with van der Waals surface area (Å²) in [4.78, 5) is 2.83. The van der Waals surface area contributed by atoms with Crippen LogP contribution in [0.3, 0.4) is 0 Å². The second-order valence-electron chi connectivity index (χ2n) is 7.58. The molecule has 0 aromatic heterocycles. The molecule has 1 saturated heterocycles. The van der Waals surface area contributed by atoms with E-state index in [9.17, 15) is 0 Å². The molecule has 2 heteroatoms. The van der Waals surface area contributed by atoms with Crippen molar-refractivity contribution >= 4 is 0 Å². The normalized spacial score (nSPS) is 29.5. The minimum atomic E-state index is 0.370. The lowest BCUT2D eigenvalue weighted by atomic mass is 9.80. The van der Waals surface area contributed by atoms with E-state index in [0.717, 1.165) is 5.92 Å². The lowest BCUT2D eigenvalue weighted by Crippen LogP contribution is -2.67. The minimum absolute atomic E-state index is 0.370. The quantitative estimate of drug-likeness (QED) is 0.826. The van der Waals surface area contributed by atoms with Gasteiger partial charge in [0, 0.05) is 31.2 Å². The third kappa shape index (κ3) is 2.91. The van der Waals surface area contributed by atoms with E-state index in [4.69, 9.17) is 0 Å². The maximum Gasteiger partial charge on any atom is 0.0329 e. The van der Waals surface area contributed by atoms with Crippen molar-refractivity contribution in [3.05, 3.63) is 0 Å². The van der Waals surface area contributed by atoms with Crippen LogP contribution in [0, 0.1) is 11.3 Å². The van der Waals surface area contributed by atoms with Gasteiger partial charge in [-0.2, -0.15) is 0 Å². The van der Waals surface area contributed by atoms with Crippen LogP contribution in [-0.4, -0.2) is 36.1 Å². The van der Waals surface area contributed by atoms with E-state index in [1.807, 2.05) is 0 Å². The second kappa shape index (κ2) is 5.13. The van der Waals surface area contributed by atoms with Crippen LogP contribution in [0.15, 0.2) is 0 Å². The molecule has 2 fully saturated rings. The minimum Gasteiger partial charge on any atom is -0.310 e. The van der Waals surface area contributed by atoms with Gasteiger partial charge < -0.3 is 5.32 Å². The summed E-state index contributed by atoms with van der Waals surface area (Å²) in [6.45, 7) is 15.6. The van der Waals surface area contributed by atoms with Crippen molar-refractivity contribution in [2.45, 2.75) is 71.9 Å². The van der Waals surface area contributed by atoms with Gasteiger partial charge in [0.2, 0.25) is 0 Å². The fourth-order valence-corrected chi connectivity index (χ4v) is 3.31. The molecule has 1 N–H and O–H groups in total. The number of hydrogen-bond donors (Lipinski definition) is 1. The van der Waals surface area contributed by atoms with Gasteiger partial charge in [0.15, 0.2) is 0 Å². The van der Waals surface area contributed by atoms with Gasteiger partial charge >= 0.3 is 0 Å². The topological polar surface area (TPSA) is 15.3 Å². The molecule has 1 heterocycles. The van der Waals surface area contributed by atoms with Gasteiger partial charge in [0.1, 0.15) is 0 Å². The number of nitrogens with zero attached hydrogens (tertiary/aromatic N) is 1. The van der Waals surface area contributed by atoms with Gasteiger partial charge in [-0.1, -0.05) is 34.6 Å². The summed E-state index contributed by atoms with van der Waals surface area (Å²) in [6.07, 6.45) is 5.49. The standard InChI is InChI=1S/C16H32N2/c1-6-16(7-2)12-17-14(15(3,4)5)11-18(16)10-13-8-9-13/h13-14,17H,6-12H2,1-5H3. The van der Waals surface area contributed by atoms with Crippen LogP contribution >= 0.6 is 0 Å². The molecule has 106 valence electrons. The molecule has 0 amide bonds. The van der Waals surface area contributed by atoms with Crippen LogP contribution in [0.4, 0.5) is 0 Å². The summed E-state index contributed by atoms with van der Waals surface area (Å²) in [5.41, 5.74) is 0.791. The summed E-state index contributed by atoms with van der Waals surface area (Å²) in [5, 5.41) is 3.83. The Hall–Kier alpha value is -0.0800. The summed E-state index contributed by atoms with van der Waals surface area (Å²) in [7, 11) is 0. The van der Waals surface area contributed by atoms with Crippen LogP contribution in [0.2, 0.25) is 0 Å². The van der Waals surface area contributed by atoms with Crippen molar-refractivity contribution < 1.29 is 0 Å². The smallest absolute Gasteiger partial charge is 0.0329 e. The molecule has 2 aliphatic rings. The van der Waals surface area contributed by atoms with E-state index in [2.05, 4.69) is 44.8 Å². The maximum absolute atomic E-state index is 3.83. The number of nitrogens with one attached hydrogen (secondary N) is 1. The van der Waals surface area contributed by atoms with Crippen molar-refractivity contribution in [2.75, 3.05) is 19.6 Å². The van der Waals surface area contributed by atoms with Gasteiger partial charge in [-0.25, -0.2) is 0 Å². The van der Waals surface area contributed by atoms with Crippen molar-refractivity contribution in [2.24, 2.45) is 11.3 Å². The number of hydrogen-bond acceptors (Lipinski definition) is 2.